The number of sulfonamides is 1. The average Bonchev–Trinajstić information content (AvgIpc) is 2.97. The van der Waals surface area contributed by atoms with Gasteiger partial charge in [-0.15, -0.1) is 11.3 Å². The second kappa shape index (κ2) is 6.78. The van der Waals surface area contributed by atoms with Crippen LogP contribution in [0.4, 0.5) is 5.82 Å². The van der Waals surface area contributed by atoms with Crippen molar-refractivity contribution in [1.82, 2.24) is 14.7 Å². The molecule has 0 aromatic carbocycles. The first-order valence-electron chi connectivity index (χ1n) is 6.19. The summed E-state index contributed by atoms with van der Waals surface area (Å²) in [5.74, 6) is 0.563. The zero-order valence-electron chi connectivity index (χ0n) is 11.0. The molecule has 0 aliphatic rings. The van der Waals surface area contributed by atoms with Crippen LogP contribution in [-0.2, 0) is 16.6 Å². The van der Waals surface area contributed by atoms with E-state index < -0.39 is 10.0 Å². The average molecular weight is 312 g/mol. The van der Waals surface area contributed by atoms with Crippen LogP contribution in [0.15, 0.2) is 34.9 Å². The molecule has 0 aliphatic carbocycles. The molecule has 2 aromatic heterocycles. The van der Waals surface area contributed by atoms with Crippen LogP contribution < -0.4 is 10.0 Å². The van der Waals surface area contributed by atoms with E-state index >= 15 is 0 Å². The topological polar surface area (TPSA) is 84.0 Å². The molecule has 0 saturated heterocycles. The summed E-state index contributed by atoms with van der Waals surface area (Å²) in [7, 11) is -3.54. The van der Waals surface area contributed by atoms with Crippen molar-refractivity contribution in [3.63, 3.8) is 0 Å². The van der Waals surface area contributed by atoms with Crippen LogP contribution >= 0.6 is 11.3 Å². The van der Waals surface area contributed by atoms with E-state index in [9.17, 15) is 8.42 Å². The highest BCUT2D eigenvalue weighted by atomic mass is 32.2. The predicted octanol–water partition coefficient (Wildman–Crippen LogP) is 1.84. The van der Waals surface area contributed by atoms with Crippen LogP contribution in [0.1, 0.15) is 18.2 Å². The number of hydrogen-bond donors (Lipinski definition) is 2. The summed E-state index contributed by atoms with van der Waals surface area (Å²) in [6.45, 7) is 3.03. The van der Waals surface area contributed by atoms with Crippen molar-refractivity contribution >= 4 is 27.2 Å². The lowest BCUT2D eigenvalue weighted by atomic mass is 10.4. The molecule has 2 heterocycles. The predicted molar refractivity (Wildman–Crippen MR) is 79.2 cm³/mol. The Hall–Kier alpha value is -1.51. The van der Waals surface area contributed by atoms with Crippen molar-refractivity contribution in [3.8, 4) is 0 Å². The Bertz CT molecular complexity index is 641. The number of rotatable bonds is 7. The van der Waals surface area contributed by atoms with E-state index in [0.717, 1.165) is 17.8 Å². The van der Waals surface area contributed by atoms with E-state index in [0.29, 0.717) is 5.82 Å². The fourth-order valence-corrected chi connectivity index (χ4v) is 3.15. The quantitative estimate of drug-likeness (QED) is 0.815. The summed E-state index contributed by atoms with van der Waals surface area (Å²) < 4.78 is 26.9. The molecule has 20 heavy (non-hydrogen) atoms. The Labute approximate surface area is 122 Å². The lowest BCUT2D eigenvalue weighted by molar-refractivity contribution is 0.581. The Balaban J connectivity index is 2.08. The zero-order chi connectivity index (χ0) is 14.4. The molecular weight excluding hydrogens is 296 g/mol. The fraction of sp³-hybridized carbons (Fsp3) is 0.333. The summed E-state index contributed by atoms with van der Waals surface area (Å²) in [6.07, 6.45) is 4.08. The van der Waals surface area contributed by atoms with Crippen LogP contribution in [0.5, 0.6) is 0 Å². The zero-order valence-corrected chi connectivity index (χ0v) is 12.7. The molecule has 0 spiro atoms. The van der Waals surface area contributed by atoms with Gasteiger partial charge in [-0.3, -0.25) is 4.98 Å². The molecule has 2 N–H and O–H groups in total. The van der Waals surface area contributed by atoms with Crippen molar-refractivity contribution in [1.29, 1.82) is 0 Å². The second-order valence-corrected chi connectivity index (χ2v) is 6.83. The number of nitrogens with zero attached hydrogens (tertiary/aromatic N) is 2. The number of thiazole rings is 1. The van der Waals surface area contributed by atoms with Gasteiger partial charge in [-0.1, -0.05) is 6.92 Å². The van der Waals surface area contributed by atoms with Gasteiger partial charge >= 0.3 is 0 Å². The van der Waals surface area contributed by atoms with Gasteiger partial charge in [0.2, 0.25) is 10.0 Å². The van der Waals surface area contributed by atoms with Crippen LogP contribution in [0.25, 0.3) is 0 Å². The van der Waals surface area contributed by atoms with Crippen LogP contribution in [0.2, 0.25) is 0 Å². The van der Waals surface area contributed by atoms with Gasteiger partial charge in [-0.2, -0.15) is 0 Å². The third-order valence-corrected chi connectivity index (χ3v) is 4.70. The minimum atomic E-state index is -3.54. The van der Waals surface area contributed by atoms with E-state index in [1.54, 1.807) is 11.7 Å². The first kappa shape index (κ1) is 14.9. The van der Waals surface area contributed by atoms with Gasteiger partial charge in [-0.25, -0.2) is 18.1 Å². The minimum absolute atomic E-state index is 0.204. The van der Waals surface area contributed by atoms with Crippen molar-refractivity contribution in [3.05, 3.63) is 34.9 Å². The van der Waals surface area contributed by atoms with E-state index in [1.807, 2.05) is 6.92 Å². The highest BCUT2D eigenvalue weighted by Crippen LogP contribution is 2.14. The van der Waals surface area contributed by atoms with E-state index in [4.69, 9.17) is 0 Å². The monoisotopic (exact) mass is 312 g/mol. The standard InChI is InChI=1S/C12H16N4O2S2/c1-2-4-14-12-6-11(3-5-15-12)20(17,18)16-8-10-7-13-9-19-10/h3,5-7,9,16H,2,4,8H2,1H3,(H,14,15). The molecule has 2 aromatic rings. The molecule has 0 radical (unpaired) electrons. The molecule has 0 fully saturated rings. The largest absolute Gasteiger partial charge is 0.370 e. The van der Waals surface area contributed by atoms with Gasteiger partial charge in [0.1, 0.15) is 5.82 Å². The highest BCUT2D eigenvalue weighted by molar-refractivity contribution is 7.89. The van der Waals surface area contributed by atoms with Crippen molar-refractivity contribution < 1.29 is 8.42 Å². The third-order valence-electron chi connectivity index (χ3n) is 2.52. The van der Waals surface area contributed by atoms with Crippen LogP contribution in [0.3, 0.4) is 0 Å². The summed E-state index contributed by atoms with van der Waals surface area (Å²) in [5, 5.41) is 3.07. The van der Waals surface area contributed by atoms with E-state index in [1.165, 1.54) is 29.7 Å². The molecule has 108 valence electrons. The molecule has 6 nitrogen and oxygen atoms in total. The summed E-state index contributed by atoms with van der Waals surface area (Å²) >= 11 is 1.41. The highest BCUT2D eigenvalue weighted by Gasteiger charge is 2.14. The van der Waals surface area contributed by atoms with E-state index in [-0.39, 0.29) is 11.4 Å². The van der Waals surface area contributed by atoms with Crippen LogP contribution in [0, 0.1) is 0 Å². The molecule has 0 bridgehead atoms. The normalized spacial score (nSPS) is 11.4. The lowest BCUT2D eigenvalue weighted by Crippen LogP contribution is -2.23. The Morgan fingerprint density at radius 1 is 1.40 bits per heavy atom. The first-order valence-corrected chi connectivity index (χ1v) is 8.55. The number of anilines is 1. The number of nitrogens with one attached hydrogen (secondary N) is 2. The molecule has 8 heteroatoms. The lowest BCUT2D eigenvalue weighted by Gasteiger charge is -2.08. The Morgan fingerprint density at radius 2 is 2.25 bits per heavy atom. The van der Waals surface area contributed by atoms with Gasteiger partial charge in [0.15, 0.2) is 0 Å². The Kier molecular flexibility index (Phi) is 5.05. The molecule has 0 amide bonds. The molecule has 0 aliphatic heterocycles. The van der Waals surface area contributed by atoms with Gasteiger partial charge in [0, 0.05) is 36.4 Å². The molecular formula is C12H16N4O2S2. The fourth-order valence-electron chi connectivity index (χ4n) is 1.51. The Morgan fingerprint density at radius 3 is 2.95 bits per heavy atom. The van der Waals surface area contributed by atoms with Gasteiger partial charge in [0.05, 0.1) is 10.4 Å². The van der Waals surface area contributed by atoms with Crippen LogP contribution in [-0.4, -0.2) is 24.9 Å². The van der Waals surface area contributed by atoms with Gasteiger partial charge in [-0.05, 0) is 12.5 Å². The number of hydrogen-bond acceptors (Lipinski definition) is 6. The molecule has 2 rings (SSSR count). The molecule has 0 saturated carbocycles. The van der Waals surface area contributed by atoms with Gasteiger partial charge < -0.3 is 5.32 Å². The maximum absolute atomic E-state index is 12.2. The number of pyridine rings is 1. The van der Waals surface area contributed by atoms with Gasteiger partial charge in [0.25, 0.3) is 0 Å². The molecule has 0 unspecified atom stereocenters. The summed E-state index contributed by atoms with van der Waals surface area (Å²) in [4.78, 5) is 9.07. The summed E-state index contributed by atoms with van der Waals surface area (Å²) in [5.41, 5.74) is 1.67. The number of aromatic nitrogens is 2. The smallest absolute Gasteiger partial charge is 0.241 e. The van der Waals surface area contributed by atoms with Crippen molar-refractivity contribution in [2.75, 3.05) is 11.9 Å². The van der Waals surface area contributed by atoms with E-state index in [2.05, 4.69) is 20.0 Å². The third kappa shape index (κ3) is 3.99. The van der Waals surface area contributed by atoms with Crippen molar-refractivity contribution in [2.45, 2.75) is 24.8 Å². The first-order chi connectivity index (χ1) is 9.62. The summed E-state index contributed by atoms with van der Waals surface area (Å²) in [6, 6.07) is 3.01. The maximum atomic E-state index is 12.2. The minimum Gasteiger partial charge on any atom is -0.370 e. The van der Waals surface area contributed by atoms with Crippen molar-refractivity contribution in [2.24, 2.45) is 0 Å². The maximum Gasteiger partial charge on any atom is 0.241 e. The SMILES string of the molecule is CCCNc1cc(S(=O)(=O)NCc2cncs2)ccn1. The second-order valence-electron chi connectivity index (χ2n) is 4.10. The molecule has 0 atom stereocenters.